The lowest BCUT2D eigenvalue weighted by Gasteiger charge is -2.03. The minimum absolute atomic E-state index is 0.541. The minimum Gasteiger partial charge on any atom is -0.458 e. The van der Waals surface area contributed by atoms with Crippen molar-refractivity contribution in [2.75, 3.05) is 0 Å². The highest BCUT2D eigenvalue weighted by Crippen LogP contribution is 2.27. The third kappa shape index (κ3) is 1.72. The number of fused-ring (bicyclic) bond motifs is 1. The molecule has 86 valence electrons. The zero-order valence-electron chi connectivity index (χ0n) is 9.37. The molecule has 17 heavy (non-hydrogen) atoms. The molecule has 0 fully saturated rings. The first-order chi connectivity index (χ1) is 8.24. The van der Waals surface area contributed by atoms with Gasteiger partial charge in [-0.3, -0.25) is 4.68 Å². The SMILES string of the molecule is Cn1cc(C(O)c2cc3ccccc3o2)cn1. The number of aromatic nitrogens is 2. The Balaban J connectivity index is 2.03. The Kier molecular flexibility index (Phi) is 2.23. The molecule has 0 saturated heterocycles. The van der Waals surface area contributed by atoms with Gasteiger partial charge in [-0.05, 0) is 12.1 Å². The summed E-state index contributed by atoms with van der Waals surface area (Å²) in [6, 6.07) is 9.55. The molecule has 4 nitrogen and oxygen atoms in total. The van der Waals surface area contributed by atoms with Crippen molar-refractivity contribution < 1.29 is 9.52 Å². The first-order valence-corrected chi connectivity index (χ1v) is 5.39. The third-order valence-electron chi connectivity index (χ3n) is 2.75. The highest BCUT2D eigenvalue weighted by atomic mass is 16.4. The van der Waals surface area contributed by atoms with Crippen LogP contribution in [0.2, 0.25) is 0 Å². The van der Waals surface area contributed by atoms with E-state index >= 15 is 0 Å². The van der Waals surface area contributed by atoms with Gasteiger partial charge >= 0.3 is 0 Å². The number of rotatable bonds is 2. The van der Waals surface area contributed by atoms with Crippen molar-refractivity contribution in [3.63, 3.8) is 0 Å². The number of hydrogen-bond donors (Lipinski definition) is 1. The summed E-state index contributed by atoms with van der Waals surface area (Å²) in [5.74, 6) is 0.541. The fraction of sp³-hybridized carbons (Fsp3) is 0.154. The van der Waals surface area contributed by atoms with Gasteiger partial charge in [-0.2, -0.15) is 5.10 Å². The second kappa shape index (κ2) is 3.75. The Bertz CT molecular complexity index is 621. The van der Waals surface area contributed by atoms with Gasteiger partial charge in [0.25, 0.3) is 0 Å². The van der Waals surface area contributed by atoms with Gasteiger partial charge in [-0.1, -0.05) is 18.2 Å². The van der Waals surface area contributed by atoms with Crippen LogP contribution in [0.15, 0.2) is 47.1 Å². The quantitative estimate of drug-likeness (QED) is 0.731. The number of aliphatic hydroxyl groups excluding tert-OH is 1. The predicted molar refractivity (Wildman–Crippen MR) is 63.5 cm³/mol. The lowest BCUT2D eigenvalue weighted by molar-refractivity contribution is 0.192. The van der Waals surface area contributed by atoms with E-state index in [0.29, 0.717) is 5.76 Å². The lowest BCUT2D eigenvalue weighted by Crippen LogP contribution is -1.96. The van der Waals surface area contributed by atoms with Gasteiger partial charge in [-0.15, -0.1) is 0 Å². The summed E-state index contributed by atoms with van der Waals surface area (Å²) in [6.45, 7) is 0. The summed E-state index contributed by atoms with van der Waals surface area (Å²) in [5.41, 5.74) is 1.51. The highest BCUT2D eigenvalue weighted by Gasteiger charge is 2.16. The zero-order valence-corrected chi connectivity index (χ0v) is 9.37. The Hall–Kier alpha value is -2.07. The maximum atomic E-state index is 10.2. The second-order valence-corrected chi connectivity index (χ2v) is 4.04. The van der Waals surface area contributed by atoms with E-state index < -0.39 is 6.10 Å². The maximum absolute atomic E-state index is 10.2. The Labute approximate surface area is 98.1 Å². The van der Waals surface area contributed by atoms with E-state index in [-0.39, 0.29) is 0 Å². The summed E-state index contributed by atoms with van der Waals surface area (Å²) in [6.07, 6.45) is 2.64. The van der Waals surface area contributed by atoms with Crippen LogP contribution in [0.3, 0.4) is 0 Å². The van der Waals surface area contributed by atoms with Crippen LogP contribution in [0.1, 0.15) is 17.4 Å². The number of hydrogen-bond acceptors (Lipinski definition) is 3. The molecule has 2 heterocycles. The van der Waals surface area contributed by atoms with Crippen LogP contribution in [0.25, 0.3) is 11.0 Å². The molecule has 0 spiro atoms. The predicted octanol–water partition coefficient (Wildman–Crippen LogP) is 2.25. The van der Waals surface area contributed by atoms with Gasteiger partial charge in [0.2, 0.25) is 0 Å². The van der Waals surface area contributed by atoms with E-state index in [1.165, 1.54) is 0 Å². The molecule has 0 amide bonds. The molecular weight excluding hydrogens is 216 g/mol. The minimum atomic E-state index is -0.768. The van der Waals surface area contributed by atoms with Crippen molar-refractivity contribution in [2.45, 2.75) is 6.10 Å². The second-order valence-electron chi connectivity index (χ2n) is 4.04. The van der Waals surface area contributed by atoms with E-state index in [2.05, 4.69) is 5.10 Å². The molecule has 1 aromatic carbocycles. The van der Waals surface area contributed by atoms with Gasteiger partial charge in [0.1, 0.15) is 17.4 Å². The molecule has 1 N–H and O–H groups in total. The summed E-state index contributed by atoms with van der Waals surface area (Å²) < 4.78 is 7.26. The molecule has 1 unspecified atom stereocenters. The third-order valence-corrected chi connectivity index (χ3v) is 2.75. The van der Waals surface area contributed by atoms with Gasteiger partial charge in [0, 0.05) is 24.2 Å². The van der Waals surface area contributed by atoms with Crippen molar-refractivity contribution in [1.29, 1.82) is 0 Å². The zero-order chi connectivity index (χ0) is 11.8. The van der Waals surface area contributed by atoms with Crippen molar-refractivity contribution >= 4 is 11.0 Å². The summed E-state index contributed by atoms with van der Waals surface area (Å²) >= 11 is 0. The molecule has 0 bridgehead atoms. The van der Waals surface area contributed by atoms with E-state index in [1.807, 2.05) is 37.4 Å². The summed E-state index contributed by atoms with van der Waals surface area (Å²) in [4.78, 5) is 0. The standard InChI is InChI=1S/C13H12N2O2/c1-15-8-10(7-14-15)13(16)12-6-9-4-2-3-5-11(9)17-12/h2-8,13,16H,1H3. The van der Waals surface area contributed by atoms with Crippen LogP contribution in [0.5, 0.6) is 0 Å². The first-order valence-electron chi connectivity index (χ1n) is 5.39. The summed E-state index contributed by atoms with van der Waals surface area (Å²) in [7, 11) is 1.81. The molecular formula is C13H12N2O2. The normalized spacial score (nSPS) is 13.1. The van der Waals surface area contributed by atoms with Crippen LogP contribution >= 0.6 is 0 Å². The largest absolute Gasteiger partial charge is 0.458 e. The average Bonchev–Trinajstić information content (AvgIpc) is 2.93. The number of nitrogens with zero attached hydrogens (tertiary/aromatic N) is 2. The molecule has 4 heteroatoms. The van der Waals surface area contributed by atoms with Crippen LogP contribution < -0.4 is 0 Å². The molecule has 0 saturated carbocycles. The molecule has 2 aromatic heterocycles. The molecule has 0 aliphatic rings. The molecule has 0 aliphatic heterocycles. The first kappa shape index (κ1) is 10.1. The topological polar surface area (TPSA) is 51.2 Å². The van der Waals surface area contributed by atoms with E-state index in [4.69, 9.17) is 4.42 Å². The summed E-state index contributed by atoms with van der Waals surface area (Å²) in [5, 5.41) is 15.2. The van der Waals surface area contributed by atoms with Gasteiger partial charge < -0.3 is 9.52 Å². The fourth-order valence-electron chi connectivity index (χ4n) is 1.88. The smallest absolute Gasteiger partial charge is 0.140 e. The van der Waals surface area contributed by atoms with Crippen molar-refractivity contribution in [3.8, 4) is 0 Å². The van der Waals surface area contributed by atoms with E-state index in [9.17, 15) is 5.11 Å². The Morgan fingerprint density at radius 3 is 2.88 bits per heavy atom. The maximum Gasteiger partial charge on any atom is 0.140 e. The van der Waals surface area contributed by atoms with Gasteiger partial charge in [0.15, 0.2) is 0 Å². The average molecular weight is 228 g/mol. The van der Waals surface area contributed by atoms with Crippen molar-refractivity contribution in [2.24, 2.45) is 7.05 Å². The number of aliphatic hydroxyl groups is 1. The monoisotopic (exact) mass is 228 g/mol. The highest BCUT2D eigenvalue weighted by molar-refractivity contribution is 5.77. The van der Waals surface area contributed by atoms with Crippen molar-refractivity contribution in [3.05, 3.63) is 54.0 Å². The number of aryl methyl sites for hydroxylation is 1. The van der Waals surface area contributed by atoms with Gasteiger partial charge in [-0.25, -0.2) is 0 Å². The van der Waals surface area contributed by atoms with Crippen LogP contribution in [-0.2, 0) is 7.05 Å². The van der Waals surface area contributed by atoms with E-state index in [0.717, 1.165) is 16.5 Å². The number of para-hydroxylation sites is 1. The van der Waals surface area contributed by atoms with Crippen LogP contribution in [0.4, 0.5) is 0 Å². The van der Waals surface area contributed by atoms with Crippen molar-refractivity contribution in [1.82, 2.24) is 9.78 Å². The fourth-order valence-corrected chi connectivity index (χ4v) is 1.88. The number of furan rings is 1. The lowest BCUT2D eigenvalue weighted by atomic mass is 10.1. The molecule has 0 aliphatic carbocycles. The molecule has 3 aromatic rings. The number of benzene rings is 1. The molecule has 3 rings (SSSR count). The molecule has 1 atom stereocenters. The molecule has 0 radical (unpaired) electrons. The van der Waals surface area contributed by atoms with E-state index in [1.54, 1.807) is 17.1 Å². The Morgan fingerprint density at radius 1 is 1.35 bits per heavy atom. The Morgan fingerprint density at radius 2 is 2.18 bits per heavy atom. The van der Waals surface area contributed by atoms with Crippen LogP contribution in [0, 0.1) is 0 Å². The van der Waals surface area contributed by atoms with Gasteiger partial charge in [0.05, 0.1) is 6.20 Å². The van der Waals surface area contributed by atoms with Crippen LogP contribution in [-0.4, -0.2) is 14.9 Å².